The van der Waals surface area contributed by atoms with Crippen molar-refractivity contribution in [2.24, 2.45) is 0 Å². The molecule has 0 fully saturated rings. The molecule has 0 saturated heterocycles. The van der Waals surface area contributed by atoms with Crippen molar-refractivity contribution >= 4 is 0 Å². The standard InChI is InChI=1S/C19H24O4/c1-4-5-6-12-11-13(7-9-15(12)20)19(2,3)14-8-10-16(21)18(23)17(14)22/h7-11,20-23H,4-6H2,1-3H3. The Kier molecular flexibility index (Phi) is 4.73. The molecule has 0 spiro atoms. The summed E-state index contributed by atoms with van der Waals surface area (Å²) in [5.74, 6) is -0.911. The highest BCUT2D eigenvalue weighted by molar-refractivity contribution is 5.58. The van der Waals surface area contributed by atoms with Crippen molar-refractivity contribution in [3.63, 3.8) is 0 Å². The fourth-order valence-corrected chi connectivity index (χ4v) is 2.77. The van der Waals surface area contributed by atoms with Crippen LogP contribution in [-0.4, -0.2) is 20.4 Å². The number of aromatic hydroxyl groups is 4. The molecule has 0 saturated carbocycles. The Hall–Kier alpha value is -2.36. The van der Waals surface area contributed by atoms with Crippen LogP contribution in [0, 0.1) is 0 Å². The molecule has 4 N–H and O–H groups in total. The number of hydrogen-bond donors (Lipinski definition) is 4. The van der Waals surface area contributed by atoms with Gasteiger partial charge < -0.3 is 20.4 Å². The molecule has 2 aromatic rings. The summed E-state index contributed by atoms with van der Waals surface area (Å²) >= 11 is 0. The molecule has 4 nitrogen and oxygen atoms in total. The molecule has 0 atom stereocenters. The van der Waals surface area contributed by atoms with E-state index in [-0.39, 0.29) is 17.2 Å². The maximum atomic E-state index is 10.2. The molecule has 0 aromatic heterocycles. The minimum Gasteiger partial charge on any atom is -0.508 e. The molecule has 0 unspecified atom stereocenters. The predicted octanol–water partition coefficient (Wildman–Crippen LogP) is 4.18. The first kappa shape index (κ1) is 17.0. The third kappa shape index (κ3) is 3.21. The maximum absolute atomic E-state index is 10.2. The average Bonchev–Trinajstić information content (AvgIpc) is 2.51. The van der Waals surface area contributed by atoms with Gasteiger partial charge >= 0.3 is 0 Å². The molecule has 0 aliphatic heterocycles. The quantitative estimate of drug-likeness (QED) is 0.624. The fraction of sp³-hybridized carbons (Fsp3) is 0.368. The van der Waals surface area contributed by atoms with Crippen LogP contribution in [0.5, 0.6) is 23.0 Å². The van der Waals surface area contributed by atoms with Gasteiger partial charge in [-0.2, -0.15) is 0 Å². The molecule has 2 rings (SSSR count). The molecule has 0 amide bonds. The SMILES string of the molecule is CCCCc1cc(C(C)(C)c2ccc(O)c(O)c2O)ccc1O. The third-order valence-electron chi connectivity index (χ3n) is 4.40. The van der Waals surface area contributed by atoms with Gasteiger partial charge in [-0.25, -0.2) is 0 Å². The third-order valence-corrected chi connectivity index (χ3v) is 4.40. The summed E-state index contributed by atoms with van der Waals surface area (Å²) in [4.78, 5) is 0. The molecule has 0 aliphatic rings. The second kappa shape index (κ2) is 6.41. The van der Waals surface area contributed by atoms with E-state index in [2.05, 4.69) is 6.92 Å². The molecule has 23 heavy (non-hydrogen) atoms. The minimum absolute atomic E-state index is 0.274. The molecule has 2 aromatic carbocycles. The van der Waals surface area contributed by atoms with Crippen LogP contribution in [0.15, 0.2) is 30.3 Å². The lowest BCUT2D eigenvalue weighted by Crippen LogP contribution is -2.19. The molecule has 4 heteroatoms. The van der Waals surface area contributed by atoms with E-state index >= 15 is 0 Å². The maximum Gasteiger partial charge on any atom is 0.200 e. The van der Waals surface area contributed by atoms with Crippen LogP contribution in [0.2, 0.25) is 0 Å². The van der Waals surface area contributed by atoms with Gasteiger partial charge in [-0.1, -0.05) is 45.4 Å². The highest BCUT2D eigenvalue weighted by atomic mass is 16.3. The van der Waals surface area contributed by atoms with Gasteiger partial charge in [0.1, 0.15) is 5.75 Å². The summed E-state index contributed by atoms with van der Waals surface area (Å²) in [6, 6.07) is 8.38. The molecule has 0 radical (unpaired) electrons. The number of unbranched alkanes of at least 4 members (excludes halogenated alkanes) is 1. The van der Waals surface area contributed by atoms with E-state index in [1.807, 2.05) is 26.0 Å². The van der Waals surface area contributed by atoms with Gasteiger partial charge in [0, 0.05) is 11.0 Å². The van der Waals surface area contributed by atoms with Gasteiger partial charge in [0.15, 0.2) is 11.5 Å². The second-order valence-electron chi connectivity index (χ2n) is 6.40. The van der Waals surface area contributed by atoms with Gasteiger partial charge in [-0.15, -0.1) is 0 Å². The minimum atomic E-state index is -0.593. The van der Waals surface area contributed by atoms with E-state index < -0.39 is 11.2 Å². The van der Waals surface area contributed by atoms with Crippen molar-refractivity contribution in [1.82, 2.24) is 0 Å². The Labute approximate surface area is 136 Å². The Morgan fingerprint density at radius 3 is 2.17 bits per heavy atom. The van der Waals surface area contributed by atoms with Crippen LogP contribution in [0.4, 0.5) is 0 Å². The van der Waals surface area contributed by atoms with Crippen molar-refractivity contribution in [3.8, 4) is 23.0 Å². The molecular formula is C19H24O4. The van der Waals surface area contributed by atoms with E-state index in [1.165, 1.54) is 6.07 Å². The zero-order valence-corrected chi connectivity index (χ0v) is 13.8. The number of hydrogen-bond acceptors (Lipinski definition) is 4. The van der Waals surface area contributed by atoms with Gasteiger partial charge in [-0.05, 0) is 36.1 Å². The Morgan fingerprint density at radius 1 is 0.870 bits per heavy atom. The summed E-state index contributed by atoms with van der Waals surface area (Å²) in [5, 5.41) is 39.5. The van der Waals surface area contributed by atoms with Crippen LogP contribution < -0.4 is 0 Å². The fourth-order valence-electron chi connectivity index (χ4n) is 2.77. The first-order valence-electron chi connectivity index (χ1n) is 7.85. The van der Waals surface area contributed by atoms with Crippen LogP contribution >= 0.6 is 0 Å². The Bertz CT molecular complexity index is 705. The Morgan fingerprint density at radius 2 is 1.52 bits per heavy atom. The number of aryl methyl sites for hydroxylation is 1. The lowest BCUT2D eigenvalue weighted by Gasteiger charge is -2.28. The monoisotopic (exact) mass is 316 g/mol. The van der Waals surface area contributed by atoms with Crippen molar-refractivity contribution in [1.29, 1.82) is 0 Å². The summed E-state index contributed by atoms with van der Waals surface area (Å²) in [6.07, 6.45) is 2.82. The van der Waals surface area contributed by atoms with Crippen molar-refractivity contribution in [2.75, 3.05) is 0 Å². The van der Waals surface area contributed by atoms with Crippen molar-refractivity contribution in [3.05, 3.63) is 47.0 Å². The zero-order valence-electron chi connectivity index (χ0n) is 13.8. The van der Waals surface area contributed by atoms with E-state index in [1.54, 1.807) is 12.1 Å². The highest BCUT2D eigenvalue weighted by Gasteiger charge is 2.29. The van der Waals surface area contributed by atoms with E-state index in [4.69, 9.17) is 0 Å². The Balaban J connectivity index is 2.49. The summed E-state index contributed by atoms with van der Waals surface area (Å²) in [5.41, 5.74) is 1.71. The normalized spacial score (nSPS) is 11.6. The first-order chi connectivity index (χ1) is 10.8. The van der Waals surface area contributed by atoms with Crippen molar-refractivity contribution < 1.29 is 20.4 Å². The van der Waals surface area contributed by atoms with E-state index in [0.717, 1.165) is 30.4 Å². The number of benzene rings is 2. The van der Waals surface area contributed by atoms with Crippen LogP contribution in [0.1, 0.15) is 50.3 Å². The molecule has 0 aliphatic carbocycles. The second-order valence-corrected chi connectivity index (χ2v) is 6.40. The van der Waals surface area contributed by atoms with E-state index in [9.17, 15) is 20.4 Å². The van der Waals surface area contributed by atoms with Crippen LogP contribution in [0.3, 0.4) is 0 Å². The first-order valence-corrected chi connectivity index (χ1v) is 7.85. The summed E-state index contributed by atoms with van der Waals surface area (Å²) in [7, 11) is 0. The number of rotatable bonds is 5. The van der Waals surface area contributed by atoms with Gasteiger partial charge in [0.2, 0.25) is 5.75 Å². The van der Waals surface area contributed by atoms with E-state index in [0.29, 0.717) is 5.56 Å². The smallest absolute Gasteiger partial charge is 0.200 e. The summed E-state index contributed by atoms with van der Waals surface area (Å²) < 4.78 is 0. The lowest BCUT2D eigenvalue weighted by molar-refractivity contribution is 0.360. The summed E-state index contributed by atoms with van der Waals surface area (Å²) in [6.45, 7) is 5.95. The lowest BCUT2D eigenvalue weighted by atomic mass is 9.76. The number of phenolic OH excluding ortho intramolecular Hbond substituents is 4. The predicted molar refractivity (Wildman–Crippen MR) is 90.3 cm³/mol. The molecule has 0 heterocycles. The topological polar surface area (TPSA) is 80.9 Å². The number of phenols is 4. The highest BCUT2D eigenvalue weighted by Crippen LogP contribution is 2.45. The molecule has 0 bridgehead atoms. The van der Waals surface area contributed by atoms with Gasteiger partial charge in [-0.3, -0.25) is 0 Å². The van der Waals surface area contributed by atoms with Gasteiger partial charge in [0.05, 0.1) is 0 Å². The van der Waals surface area contributed by atoms with Gasteiger partial charge in [0.25, 0.3) is 0 Å². The largest absolute Gasteiger partial charge is 0.508 e. The zero-order chi connectivity index (χ0) is 17.2. The van der Waals surface area contributed by atoms with Crippen LogP contribution in [-0.2, 0) is 11.8 Å². The van der Waals surface area contributed by atoms with Crippen molar-refractivity contribution in [2.45, 2.75) is 45.4 Å². The molecule has 124 valence electrons. The molecular weight excluding hydrogens is 292 g/mol. The average molecular weight is 316 g/mol. The van der Waals surface area contributed by atoms with Crippen LogP contribution in [0.25, 0.3) is 0 Å².